The average molecular weight is 355 g/mol. The summed E-state index contributed by atoms with van der Waals surface area (Å²) in [6.45, 7) is 3.29. The molecule has 0 spiro atoms. The van der Waals surface area contributed by atoms with E-state index >= 15 is 0 Å². The Kier molecular flexibility index (Phi) is 6.00. The molecule has 1 amide bonds. The normalized spacial score (nSPS) is 15.1. The summed E-state index contributed by atoms with van der Waals surface area (Å²) < 4.78 is 16.7. The van der Waals surface area contributed by atoms with Gasteiger partial charge >= 0.3 is 0 Å². The van der Waals surface area contributed by atoms with Crippen LogP contribution in [0.5, 0.6) is 17.2 Å². The minimum absolute atomic E-state index is 0.0577. The van der Waals surface area contributed by atoms with E-state index in [4.69, 9.17) is 14.2 Å². The van der Waals surface area contributed by atoms with Gasteiger partial charge in [-0.25, -0.2) is 0 Å². The highest BCUT2D eigenvalue weighted by Crippen LogP contribution is 2.31. The Bertz CT molecular complexity index is 742. The van der Waals surface area contributed by atoms with Crippen LogP contribution >= 0.6 is 0 Å². The molecule has 1 aliphatic rings. The first-order valence-electron chi connectivity index (χ1n) is 9.04. The number of amides is 1. The summed E-state index contributed by atoms with van der Waals surface area (Å²) in [6, 6.07) is 13.0. The van der Waals surface area contributed by atoms with Crippen LogP contribution in [0.3, 0.4) is 0 Å². The molecule has 0 saturated carbocycles. The average Bonchev–Trinajstić information content (AvgIpc) is 3.08. The molecule has 0 radical (unpaired) electrons. The van der Waals surface area contributed by atoms with E-state index in [0.29, 0.717) is 18.7 Å². The molecule has 0 saturated heterocycles. The number of carbonyl (C=O) groups excluding carboxylic acids is 1. The molecule has 3 rings (SSSR count). The number of methoxy groups -OCH3 is 1. The number of benzene rings is 2. The van der Waals surface area contributed by atoms with Crippen molar-refractivity contribution in [1.82, 2.24) is 5.32 Å². The lowest BCUT2D eigenvalue weighted by atomic mass is 10.1. The summed E-state index contributed by atoms with van der Waals surface area (Å²) in [5.41, 5.74) is 1.72. The quantitative estimate of drug-likeness (QED) is 0.735. The highest BCUT2D eigenvalue weighted by atomic mass is 16.5. The number of unbranched alkanes of at least 4 members (excludes halogenated alkanes) is 1. The molecule has 5 nitrogen and oxygen atoms in total. The van der Waals surface area contributed by atoms with Gasteiger partial charge in [0.25, 0.3) is 5.91 Å². The van der Waals surface area contributed by atoms with Crippen molar-refractivity contribution in [2.45, 2.75) is 32.3 Å². The van der Waals surface area contributed by atoms with Crippen molar-refractivity contribution in [3.8, 4) is 17.2 Å². The summed E-state index contributed by atoms with van der Waals surface area (Å²) in [5.74, 6) is 2.36. The van der Waals surface area contributed by atoms with Gasteiger partial charge in [-0.05, 0) is 48.9 Å². The second-order valence-corrected chi connectivity index (χ2v) is 6.35. The number of carbonyl (C=O) groups is 1. The Morgan fingerprint density at radius 1 is 1.19 bits per heavy atom. The van der Waals surface area contributed by atoms with Crippen LogP contribution in [0, 0.1) is 0 Å². The summed E-state index contributed by atoms with van der Waals surface area (Å²) >= 11 is 0. The lowest BCUT2D eigenvalue weighted by Crippen LogP contribution is -2.34. The van der Waals surface area contributed by atoms with Crippen molar-refractivity contribution in [2.24, 2.45) is 0 Å². The van der Waals surface area contributed by atoms with E-state index in [1.165, 1.54) is 0 Å². The minimum Gasteiger partial charge on any atom is -0.497 e. The SMILES string of the molecule is CCCCOc1ccc(C(=O)NC[C@H]2Cc3cc(OC)ccc3O2)cc1. The van der Waals surface area contributed by atoms with Crippen LogP contribution in [0.4, 0.5) is 0 Å². The third kappa shape index (κ3) is 4.48. The molecule has 0 fully saturated rings. The van der Waals surface area contributed by atoms with E-state index in [9.17, 15) is 4.79 Å². The molecule has 1 atom stereocenters. The van der Waals surface area contributed by atoms with Gasteiger partial charge < -0.3 is 19.5 Å². The van der Waals surface area contributed by atoms with Crippen LogP contribution in [0.2, 0.25) is 0 Å². The van der Waals surface area contributed by atoms with Gasteiger partial charge in [0.2, 0.25) is 0 Å². The molecular weight excluding hydrogens is 330 g/mol. The summed E-state index contributed by atoms with van der Waals surface area (Å²) in [7, 11) is 1.65. The van der Waals surface area contributed by atoms with Crippen molar-refractivity contribution in [1.29, 1.82) is 0 Å². The van der Waals surface area contributed by atoms with Gasteiger partial charge in [0, 0.05) is 17.5 Å². The Hall–Kier alpha value is -2.69. The maximum atomic E-state index is 12.3. The molecule has 0 bridgehead atoms. The van der Waals surface area contributed by atoms with Crippen LogP contribution in [-0.4, -0.2) is 32.3 Å². The van der Waals surface area contributed by atoms with E-state index in [-0.39, 0.29) is 12.0 Å². The highest BCUT2D eigenvalue weighted by molar-refractivity contribution is 5.94. The molecule has 1 N–H and O–H groups in total. The first-order valence-corrected chi connectivity index (χ1v) is 9.04. The lowest BCUT2D eigenvalue weighted by Gasteiger charge is -2.12. The topological polar surface area (TPSA) is 56.8 Å². The number of nitrogens with one attached hydrogen (secondary N) is 1. The van der Waals surface area contributed by atoms with Gasteiger partial charge in [-0.3, -0.25) is 4.79 Å². The molecule has 2 aromatic carbocycles. The highest BCUT2D eigenvalue weighted by Gasteiger charge is 2.23. The van der Waals surface area contributed by atoms with Crippen molar-refractivity contribution < 1.29 is 19.0 Å². The van der Waals surface area contributed by atoms with Gasteiger partial charge in [0.1, 0.15) is 23.4 Å². The Morgan fingerprint density at radius 2 is 1.96 bits per heavy atom. The van der Waals surface area contributed by atoms with Crippen LogP contribution in [0.15, 0.2) is 42.5 Å². The Labute approximate surface area is 154 Å². The number of fused-ring (bicyclic) bond motifs is 1. The molecular formula is C21H25NO4. The second kappa shape index (κ2) is 8.61. The molecule has 0 aromatic heterocycles. The molecule has 0 unspecified atom stereocenters. The second-order valence-electron chi connectivity index (χ2n) is 6.35. The molecule has 0 aliphatic carbocycles. The monoisotopic (exact) mass is 355 g/mol. The predicted octanol–water partition coefficient (Wildman–Crippen LogP) is 3.61. The van der Waals surface area contributed by atoms with Crippen LogP contribution in [-0.2, 0) is 6.42 Å². The van der Waals surface area contributed by atoms with Gasteiger partial charge in [-0.2, -0.15) is 0 Å². The maximum Gasteiger partial charge on any atom is 0.251 e. The van der Waals surface area contributed by atoms with E-state index in [0.717, 1.165) is 42.1 Å². The van der Waals surface area contributed by atoms with E-state index in [1.807, 2.05) is 30.3 Å². The van der Waals surface area contributed by atoms with Crippen molar-refractivity contribution in [3.05, 3.63) is 53.6 Å². The molecule has 138 valence electrons. The van der Waals surface area contributed by atoms with Crippen molar-refractivity contribution in [2.75, 3.05) is 20.3 Å². The number of rotatable bonds is 8. The first kappa shape index (κ1) is 18.1. The molecule has 1 heterocycles. The van der Waals surface area contributed by atoms with Gasteiger partial charge in [-0.1, -0.05) is 13.3 Å². The van der Waals surface area contributed by atoms with Crippen LogP contribution in [0.25, 0.3) is 0 Å². The zero-order chi connectivity index (χ0) is 18.4. The van der Waals surface area contributed by atoms with Crippen molar-refractivity contribution in [3.63, 3.8) is 0 Å². The fraction of sp³-hybridized carbons (Fsp3) is 0.381. The third-order valence-electron chi connectivity index (χ3n) is 4.38. The van der Waals surface area contributed by atoms with Gasteiger partial charge in [-0.15, -0.1) is 0 Å². The number of hydrogen-bond acceptors (Lipinski definition) is 4. The summed E-state index contributed by atoms with van der Waals surface area (Å²) in [4.78, 5) is 12.3. The van der Waals surface area contributed by atoms with Crippen LogP contribution < -0.4 is 19.5 Å². The van der Waals surface area contributed by atoms with Gasteiger partial charge in [0.05, 0.1) is 20.3 Å². The van der Waals surface area contributed by atoms with Gasteiger partial charge in [0.15, 0.2) is 0 Å². The standard InChI is InChI=1S/C21H25NO4/c1-3-4-11-25-17-7-5-15(6-8-17)21(23)22-14-19-13-16-12-18(24-2)9-10-20(16)26-19/h5-10,12,19H,3-4,11,13-14H2,1-2H3,(H,22,23)/t19-/m1/s1. The Morgan fingerprint density at radius 3 is 2.69 bits per heavy atom. The van der Waals surface area contributed by atoms with E-state index < -0.39 is 0 Å². The fourth-order valence-electron chi connectivity index (χ4n) is 2.88. The smallest absolute Gasteiger partial charge is 0.251 e. The first-order chi connectivity index (χ1) is 12.7. The van der Waals surface area contributed by atoms with Crippen LogP contribution in [0.1, 0.15) is 35.7 Å². The number of ether oxygens (including phenoxy) is 3. The summed E-state index contributed by atoms with van der Waals surface area (Å²) in [5, 5.41) is 2.94. The van der Waals surface area contributed by atoms with Crippen molar-refractivity contribution >= 4 is 5.91 Å². The third-order valence-corrected chi connectivity index (χ3v) is 4.38. The summed E-state index contributed by atoms with van der Waals surface area (Å²) in [6.07, 6.45) is 2.83. The number of hydrogen-bond donors (Lipinski definition) is 1. The molecule has 1 aliphatic heterocycles. The minimum atomic E-state index is -0.109. The lowest BCUT2D eigenvalue weighted by molar-refractivity contribution is 0.0933. The molecule has 26 heavy (non-hydrogen) atoms. The molecule has 5 heteroatoms. The largest absolute Gasteiger partial charge is 0.497 e. The van der Waals surface area contributed by atoms with E-state index in [1.54, 1.807) is 19.2 Å². The predicted molar refractivity (Wildman–Crippen MR) is 100 cm³/mol. The Balaban J connectivity index is 1.48. The zero-order valence-corrected chi connectivity index (χ0v) is 15.3. The van der Waals surface area contributed by atoms with E-state index in [2.05, 4.69) is 12.2 Å². The fourth-order valence-corrected chi connectivity index (χ4v) is 2.88. The zero-order valence-electron chi connectivity index (χ0n) is 15.3. The molecule has 2 aromatic rings. The maximum absolute atomic E-state index is 12.3.